The molecule has 0 bridgehead atoms. The zero-order valence-corrected chi connectivity index (χ0v) is 23.2. The summed E-state index contributed by atoms with van der Waals surface area (Å²) in [6.07, 6.45) is 18.3. The summed E-state index contributed by atoms with van der Waals surface area (Å²) in [6.45, 7) is 0. The molecule has 1 fully saturated rings. The molecule has 1 saturated carbocycles. The fourth-order valence-electron chi connectivity index (χ4n) is 3.35. The molecule has 0 amide bonds. The normalized spacial score (nSPS) is 15.0. The van der Waals surface area contributed by atoms with Crippen LogP contribution in [-0.2, 0) is 30.7 Å². The summed E-state index contributed by atoms with van der Waals surface area (Å²) in [4.78, 5) is 0. The second-order valence-corrected chi connectivity index (χ2v) is 10.4. The molecule has 5 heteroatoms. The van der Waals surface area contributed by atoms with Crippen molar-refractivity contribution in [2.75, 3.05) is 0 Å². The number of fused-ring (bicyclic) bond motifs is 3. The maximum atomic E-state index is 3.51. The van der Waals surface area contributed by atoms with E-state index in [9.17, 15) is 0 Å². The quantitative estimate of drug-likeness (QED) is 0.331. The molecule has 0 atom stereocenters. The Balaban J connectivity index is 0.000000252. The predicted octanol–water partition coefficient (Wildman–Crippen LogP) is 1.57. The third-order valence-electron chi connectivity index (χ3n) is 4.76. The van der Waals surface area contributed by atoms with Crippen LogP contribution in [0.15, 0.2) is 57.5 Å². The third kappa shape index (κ3) is 8.70. The second kappa shape index (κ2) is 14.3. The van der Waals surface area contributed by atoms with E-state index in [1.165, 1.54) is 54.4 Å². The minimum atomic E-state index is 0. The summed E-state index contributed by atoms with van der Waals surface area (Å²) >= 11 is 8.69. The van der Waals surface area contributed by atoms with E-state index in [1.807, 2.05) is 18.2 Å². The summed E-state index contributed by atoms with van der Waals surface area (Å²) in [6, 6.07) is 13.9. The van der Waals surface area contributed by atoms with Gasteiger partial charge in [0.05, 0.1) is 0 Å². The fraction of sp³-hybridized carbons (Fsp3) is 0.292. The van der Waals surface area contributed by atoms with Gasteiger partial charge in [-0.3, -0.25) is 6.08 Å². The first kappa shape index (κ1) is 27.2. The van der Waals surface area contributed by atoms with Gasteiger partial charge in [0.1, 0.15) is 0 Å². The van der Waals surface area contributed by atoms with E-state index in [4.69, 9.17) is 0 Å². The van der Waals surface area contributed by atoms with E-state index < -0.39 is 0 Å². The van der Waals surface area contributed by atoms with E-state index >= 15 is 0 Å². The Morgan fingerprint density at radius 3 is 2.17 bits per heavy atom. The van der Waals surface area contributed by atoms with Crippen molar-refractivity contribution < 1.29 is 49.0 Å². The summed E-state index contributed by atoms with van der Waals surface area (Å²) in [5, 5.41) is 0. The molecular weight excluding hydrogens is 610 g/mol. The van der Waals surface area contributed by atoms with Gasteiger partial charge in [0.15, 0.2) is 0 Å². The fourth-order valence-corrected chi connectivity index (χ4v) is 4.92. The maximum absolute atomic E-state index is 3.51. The molecule has 5 rings (SSSR count). The van der Waals surface area contributed by atoms with Gasteiger partial charge in [0.2, 0.25) is 0 Å². The van der Waals surface area contributed by atoms with Crippen LogP contribution in [0.25, 0.3) is 11.1 Å². The number of benzene rings is 2. The van der Waals surface area contributed by atoms with E-state index in [0.29, 0.717) is 0 Å². The van der Waals surface area contributed by atoms with Crippen molar-refractivity contribution in [1.82, 2.24) is 0 Å². The molecular formula is C24H22Br2Cl2Zr-2. The van der Waals surface area contributed by atoms with Crippen molar-refractivity contribution in [3.63, 3.8) is 0 Å². The van der Waals surface area contributed by atoms with Crippen LogP contribution in [0.2, 0.25) is 0 Å². The van der Waals surface area contributed by atoms with Crippen LogP contribution < -0.4 is 24.8 Å². The van der Waals surface area contributed by atoms with Gasteiger partial charge < -0.3 is 24.8 Å². The Morgan fingerprint density at radius 1 is 0.897 bits per heavy atom. The van der Waals surface area contributed by atoms with Crippen LogP contribution in [0.5, 0.6) is 0 Å². The third-order valence-corrected chi connectivity index (χ3v) is 6.94. The van der Waals surface area contributed by atoms with Gasteiger partial charge >= 0.3 is 59.5 Å². The average molecular weight is 632 g/mol. The van der Waals surface area contributed by atoms with Gasteiger partial charge in [-0.05, 0) is 18.1 Å². The van der Waals surface area contributed by atoms with Gasteiger partial charge in [-0.15, -0.1) is 27.9 Å². The Hall–Kier alpha value is 0.213. The molecule has 0 nitrogen and oxygen atoms in total. The van der Waals surface area contributed by atoms with Gasteiger partial charge in [0.25, 0.3) is 0 Å². The second-order valence-electron chi connectivity index (χ2n) is 6.86. The Morgan fingerprint density at radius 2 is 1.62 bits per heavy atom. The Bertz CT molecular complexity index is 808. The molecule has 0 N–H and O–H groups in total. The molecule has 2 aromatic rings. The van der Waals surface area contributed by atoms with Crippen LogP contribution >= 0.6 is 31.9 Å². The number of halogens is 4. The zero-order chi connectivity index (χ0) is 19.1. The summed E-state index contributed by atoms with van der Waals surface area (Å²) in [7, 11) is 0. The molecule has 2 aromatic carbocycles. The minimum absolute atomic E-state index is 0. The van der Waals surface area contributed by atoms with Crippen LogP contribution in [0.3, 0.4) is 0 Å². The van der Waals surface area contributed by atoms with Crippen molar-refractivity contribution in [3.8, 4) is 11.1 Å². The molecule has 3 aliphatic rings. The molecule has 0 heterocycles. The monoisotopic (exact) mass is 628 g/mol. The predicted molar refractivity (Wildman–Crippen MR) is 119 cm³/mol. The number of rotatable bonds is 0. The molecule has 0 aliphatic heterocycles. The van der Waals surface area contributed by atoms with E-state index in [1.54, 1.807) is 27.4 Å². The number of hydrogen-bond acceptors (Lipinski definition) is 0. The van der Waals surface area contributed by atoms with Crippen molar-refractivity contribution in [2.24, 2.45) is 0 Å². The summed E-state index contributed by atoms with van der Waals surface area (Å²) < 4.78 is 4.03. The van der Waals surface area contributed by atoms with E-state index in [2.05, 4.69) is 74.3 Å². The number of allylic oxidation sites excluding steroid dienone is 4. The van der Waals surface area contributed by atoms with Crippen molar-refractivity contribution in [3.05, 3.63) is 80.8 Å². The Kier molecular flexibility index (Phi) is 13.4. The first-order chi connectivity index (χ1) is 13.1. The first-order valence-corrected chi connectivity index (χ1v) is 12.2. The molecule has 0 unspecified atom stereocenters. The van der Waals surface area contributed by atoms with Crippen LogP contribution in [-0.4, -0.2) is 3.21 Å². The first-order valence-electron chi connectivity index (χ1n) is 9.40. The van der Waals surface area contributed by atoms with Gasteiger partial charge in [-0.1, -0.05) is 38.1 Å². The van der Waals surface area contributed by atoms with Crippen LogP contribution in [0.1, 0.15) is 49.7 Å². The van der Waals surface area contributed by atoms with E-state index in [-0.39, 0.29) is 24.8 Å². The summed E-state index contributed by atoms with van der Waals surface area (Å²) in [5.41, 5.74) is 5.33. The molecule has 3 aliphatic carbocycles. The van der Waals surface area contributed by atoms with Crippen molar-refractivity contribution >= 4 is 35.1 Å². The molecule has 0 spiro atoms. The van der Waals surface area contributed by atoms with Crippen LogP contribution in [0, 0.1) is 12.1 Å². The summed E-state index contributed by atoms with van der Waals surface area (Å²) in [5.74, 6) is 0. The van der Waals surface area contributed by atoms with Crippen molar-refractivity contribution in [2.45, 2.75) is 44.9 Å². The van der Waals surface area contributed by atoms with Gasteiger partial charge in [-0.25, -0.2) is 12.2 Å². The standard InChI is InChI=1S/C13H7Br2.C6H10.C5H5.2ClH.Zr/c14-10-3-1-8-5-9-2-4-11(15)7-13(9)12(8)6-10;1-2-4-6-5-3-1;1-2-4-5-3-1;;;/h1,3-4,6-7H,5H2;1-5H2;1-3H,4H2;2*1H;/q-1;;-1;;;+2/p-2. The molecule has 0 saturated heterocycles. The van der Waals surface area contributed by atoms with Gasteiger partial charge in [0, 0.05) is 4.47 Å². The number of hydrogen-bond donors (Lipinski definition) is 0. The van der Waals surface area contributed by atoms with Gasteiger partial charge in [-0.2, -0.15) is 29.8 Å². The molecule has 0 radical (unpaired) electrons. The Labute approximate surface area is 219 Å². The van der Waals surface area contributed by atoms with Crippen molar-refractivity contribution in [1.29, 1.82) is 0 Å². The molecule has 0 aromatic heterocycles. The van der Waals surface area contributed by atoms with Crippen LogP contribution in [0.4, 0.5) is 0 Å². The average Bonchev–Trinajstić information content (AvgIpc) is 3.35. The molecule has 29 heavy (non-hydrogen) atoms. The topological polar surface area (TPSA) is 0 Å². The zero-order valence-electron chi connectivity index (χ0n) is 16.1. The SMILES string of the molecule is Brc1c[c-]c2c(c1)-c1cc(Br)ccc1C2.[C-]1=CC=CC1.[Cl-].[Cl-].[Zr+2]=[C]1CCCCC1. The van der Waals surface area contributed by atoms with E-state index in [0.717, 1.165) is 21.8 Å². The molecule has 152 valence electrons.